The molecule has 0 aliphatic carbocycles. The van der Waals surface area contributed by atoms with Crippen molar-refractivity contribution in [3.8, 4) is 0 Å². The van der Waals surface area contributed by atoms with Crippen LogP contribution >= 0.6 is 0 Å². The molecule has 1 N–H and O–H groups in total. The van der Waals surface area contributed by atoms with E-state index in [1.54, 1.807) is 11.1 Å². The van der Waals surface area contributed by atoms with Crippen LogP contribution in [0.5, 0.6) is 0 Å². The quantitative estimate of drug-likeness (QED) is 0.858. The smallest absolute Gasteiger partial charge is 0.233 e. The first-order chi connectivity index (χ1) is 12.5. The minimum Gasteiger partial charge on any atom is -0.353 e. The fourth-order valence-corrected chi connectivity index (χ4v) is 3.17. The fourth-order valence-electron chi connectivity index (χ4n) is 3.17. The highest BCUT2D eigenvalue weighted by atomic mass is 16.2. The average molecular weight is 352 g/mol. The lowest BCUT2D eigenvalue weighted by molar-refractivity contribution is -0.134. The van der Waals surface area contributed by atoms with Crippen molar-refractivity contribution in [1.82, 2.24) is 9.88 Å². The number of nitrogens with zero attached hydrogens (tertiary/aromatic N) is 3. The second-order valence-electron chi connectivity index (χ2n) is 6.55. The molecular formula is C20H24N4O2. The Morgan fingerprint density at radius 3 is 2.31 bits per heavy atom. The molecule has 1 saturated heterocycles. The number of hydrogen-bond acceptors (Lipinski definition) is 4. The molecule has 6 heteroatoms. The molecule has 0 radical (unpaired) electrons. The van der Waals surface area contributed by atoms with Gasteiger partial charge in [-0.25, -0.2) is 4.98 Å². The lowest BCUT2D eigenvalue weighted by Crippen LogP contribution is -2.49. The van der Waals surface area contributed by atoms with Gasteiger partial charge in [0.15, 0.2) is 0 Å². The summed E-state index contributed by atoms with van der Waals surface area (Å²) in [6, 6.07) is 11.7. The molecule has 2 aromatic rings. The largest absolute Gasteiger partial charge is 0.353 e. The number of anilines is 2. The molecule has 6 nitrogen and oxygen atoms in total. The molecular weight excluding hydrogens is 328 g/mol. The highest BCUT2D eigenvalue weighted by Crippen LogP contribution is 2.20. The van der Waals surface area contributed by atoms with E-state index in [1.165, 1.54) is 0 Å². The van der Waals surface area contributed by atoms with E-state index in [0.717, 1.165) is 35.7 Å². The van der Waals surface area contributed by atoms with Crippen LogP contribution in [0.1, 0.15) is 17.5 Å². The van der Waals surface area contributed by atoms with Crippen molar-refractivity contribution in [2.24, 2.45) is 0 Å². The van der Waals surface area contributed by atoms with Gasteiger partial charge in [-0.1, -0.05) is 24.3 Å². The first-order valence-corrected chi connectivity index (χ1v) is 8.84. The predicted octanol–water partition coefficient (Wildman–Crippen LogP) is 2.38. The number of amides is 2. The van der Waals surface area contributed by atoms with Gasteiger partial charge in [0.2, 0.25) is 11.8 Å². The van der Waals surface area contributed by atoms with Gasteiger partial charge in [-0.15, -0.1) is 0 Å². The molecule has 0 bridgehead atoms. The van der Waals surface area contributed by atoms with Crippen LogP contribution in [0.15, 0.2) is 42.6 Å². The molecule has 0 saturated carbocycles. The molecule has 1 aromatic carbocycles. The number of carbonyl (C=O) groups excluding carboxylic acids is 2. The summed E-state index contributed by atoms with van der Waals surface area (Å²) in [6.07, 6.45) is 1.64. The van der Waals surface area contributed by atoms with Crippen molar-refractivity contribution in [3.63, 3.8) is 0 Å². The zero-order chi connectivity index (χ0) is 18.5. The highest BCUT2D eigenvalue weighted by molar-refractivity contribution is 6.04. The summed E-state index contributed by atoms with van der Waals surface area (Å²) in [5, 5.41) is 2.88. The summed E-state index contributed by atoms with van der Waals surface area (Å²) < 4.78 is 0. The van der Waals surface area contributed by atoms with Gasteiger partial charge in [-0.05, 0) is 37.1 Å². The van der Waals surface area contributed by atoms with Crippen LogP contribution in [0.3, 0.4) is 0 Å². The van der Waals surface area contributed by atoms with Crippen LogP contribution in [-0.4, -0.2) is 47.9 Å². The van der Waals surface area contributed by atoms with Crippen molar-refractivity contribution >= 4 is 23.3 Å². The van der Waals surface area contributed by atoms with E-state index in [1.807, 2.05) is 50.2 Å². The minimum atomic E-state index is -0.264. The predicted molar refractivity (Wildman–Crippen MR) is 102 cm³/mol. The average Bonchev–Trinajstić information content (AvgIpc) is 2.66. The molecule has 1 aliphatic heterocycles. The standard InChI is InChI=1S/C20H24N4O2/c1-15-6-5-7-16(2)20(15)22-18(25)14-19(26)24-12-10-23(11-13-24)17-8-3-4-9-21-17/h3-9H,10-14H2,1-2H3,(H,22,25). The van der Waals surface area contributed by atoms with Crippen molar-refractivity contribution in [1.29, 1.82) is 0 Å². The van der Waals surface area contributed by atoms with Crippen molar-refractivity contribution in [2.45, 2.75) is 20.3 Å². The second kappa shape index (κ2) is 7.99. The maximum Gasteiger partial charge on any atom is 0.233 e. The third-order valence-corrected chi connectivity index (χ3v) is 4.66. The Morgan fingerprint density at radius 2 is 1.69 bits per heavy atom. The zero-order valence-electron chi connectivity index (χ0n) is 15.2. The van der Waals surface area contributed by atoms with Crippen LogP contribution in [0, 0.1) is 13.8 Å². The maximum atomic E-state index is 12.4. The lowest BCUT2D eigenvalue weighted by atomic mass is 10.1. The molecule has 0 unspecified atom stereocenters. The molecule has 26 heavy (non-hydrogen) atoms. The molecule has 0 spiro atoms. The number of rotatable bonds is 4. The summed E-state index contributed by atoms with van der Waals surface area (Å²) >= 11 is 0. The van der Waals surface area contributed by atoms with E-state index in [4.69, 9.17) is 0 Å². The molecule has 136 valence electrons. The van der Waals surface area contributed by atoms with Crippen molar-refractivity contribution in [3.05, 3.63) is 53.7 Å². The van der Waals surface area contributed by atoms with Crippen LogP contribution in [0.4, 0.5) is 11.5 Å². The third-order valence-electron chi connectivity index (χ3n) is 4.66. The monoisotopic (exact) mass is 352 g/mol. The Balaban J connectivity index is 1.52. The summed E-state index contributed by atoms with van der Waals surface area (Å²) in [6.45, 7) is 6.54. The van der Waals surface area contributed by atoms with E-state index in [0.29, 0.717) is 13.1 Å². The maximum absolute atomic E-state index is 12.4. The number of piperazine rings is 1. The van der Waals surface area contributed by atoms with Crippen LogP contribution in [0.25, 0.3) is 0 Å². The van der Waals surface area contributed by atoms with Gasteiger partial charge in [0.1, 0.15) is 12.2 Å². The minimum absolute atomic E-state index is 0.128. The van der Waals surface area contributed by atoms with Gasteiger partial charge < -0.3 is 15.1 Å². The zero-order valence-corrected chi connectivity index (χ0v) is 15.2. The Bertz CT molecular complexity index is 763. The SMILES string of the molecule is Cc1cccc(C)c1NC(=O)CC(=O)N1CCN(c2ccccn2)CC1. The number of pyridine rings is 1. The normalized spacial score (nSPS) is 14.2. The van der Waals surface area contributed by atoms with Gasteiger partial charge in [-0.2, -0.15) is 0 Å². The molecule has 2 amide bonds. The van der Waals surface area contributed by atoms with Crippen LogP contribution in [0.2, 0.25) is 0 Å². The van der Waals surface area contributed by atoms with Gasteiger partial charge in [-0.3, -0.25) is 9.59 Å². The van der Waals surface area contributed by atoms with Gasteiger partial charge in [0.05, 0.1) is 0 Å². The van der Waals surface area contributed by atoms with E-state index in [-0.39, 0.29) is 18.2 Å². The van der Waals surface area contributed by atoms with Crippen molar-refractivity contribution in [2.75, 3.05) is 36.4 Å². The van der Waals surface area contributed by atoms with E-state index in [2.05, 4.69) is 15.2 Å². The molecule has 2 heterocycles. The highest BCUT2D eigenvalue weighted by Gasteiger charge is 2.23. The van der Waals surface area contributed by atoms with E-state index < -0.39 is 0 Å². The Hall–Kier alpha value is -2.89. The van der Waals surface area contributed by atoms with Crippen LogP contribution < -0.4 is 10.2 Å². The number of carbonyl (C=O) groups is 2. The topological polar surface area (TPSA) is 65.5 Å². The Kier molecular flexibility index (Phi) is 5.51. The number of hydrogen-bond donors (Lipinski definition) is 1. The molecule has 1 aromatic heterocycles. The first-order valence-electron chi connectivity index (χ1n) is 8.84. The third kappa shape index (κ3) is 4.20. The number of aromatic nitrogens is 1. The van der Waals surface area contributed by atoms with Gasteiger partial charge in [0, 0.05) is 38.1 Å². The van der Waals surface area contributed by atoms with Crippen molar-refractivity contribution < 1.29 is 9.59 Å². The lowest BCUT2D eigenvalue weighted by Gasteiger charge is -2.35. The number of benzene rings is 1. The van der Waals surface area contributed by atoms with E-state index >= 15 is 0 Å². The molecule has 3 rings (SSSR count). The molecule has 1 aliphatic rings. The summed E-state index contributed by atoms with van der Waals surface area (Å²) in [4.78, 5) is 33.0. The van der Waals surface area contributed by atoms with E-state index in [9.17, 15) is 9.59 Å². The Morgan fingerprint density at radius 1 is 1.00 bits per heavy atom. The molecule has 1 fully saturated rings. The summed E-state index contributed by atoms with van der Waals surface area (Å²) in [5.74, 6) is 0.529. The van der Waals surface area contributed by atoms with Crippen LogP contribution in [-0.2, 0) is 9.59 Å². The number of para-hydroxylation sites is 1. The second-order valence-corrected chi connectivity index (χ2v) is 6.55. The van der Waals surface area contributed by atoms with Gasteiger partial charge >= 0.3 is 0 Å². The number of aryl methyl sites for hydroxylation is 2. The number of nitrogens with one attached hydrogen (secondary N) is 1. The summed E-state index contributed by atoms with van der Waals surface area (Å²) in [7, 11) is 0. The molecule has 0 atom stereocenters. The summed E-state index contributed by atoms with van der Waals surface area (Å²) in [5.41, 5.74) is 2.79. The first kappa shape index (κ1) is 17.9. The fraction of sp³-hybridized carbons (Fsp3) is 0.350. The van der Waals surface area contributed by atoms with Gasteiger partial charge in [0.25, 0.3) is 0 Å². The Labute approximate surface area is 153 Å².